The number of amides is 1. The lowest BCUT2D eigenvalue weighted by Gasteiger charge is -2.30. The molecule has 0 aromatic heterocycles. The second-order valence-corrected chi connectivity index (χ2v) is 5.46. The van der Waals surface area contributed by atoms with Crippen molar-refractivity contribution in [2.75, 3.05) is 45.9 Å². The predicted octanol–water partition coefficient (Wildman–Crippen LogP) is 1.28. The number of ether oxygens (including phenoxy) is 1. The number of nitro groups is 1. The number of carbonyl (C=O) groups excluding carboxylic acids is 1. The number of morpholine rings is 1. The Morgan fingerprint density at radius 2 is 1.96 bits per heavy atom. The topological polar surface area (TPSA) is 99.7 Å². The summed E-state index contributed by atoms with van der Waals surface area (Å²) in [4.78, 5) is 26.6. The minimum absolute atomic E-state index is 0.0524. The van der Waals surface area contributed by atoms with E-state index in [1.165, 1.54) is 24.3 Å². The van der Waals surface area contributed by atoms with Gasteiger partial charge in [0.05, 0.1) is 30.6 Å². The Morgan fingerprint density at radius 3 is 2.54 bits per heavy atom. The number of non-ortho nitro benzene ring substituents is 1. The molecular weight excluding hydrogens is 312 g/mol. The first-order valence-corrected chi connectivity index (χ1v) is 7.82. The Hall–Kier alpha value is -2.50. The van der Waals surface area contributed by atoms with Crippen LogP contribution in [-0.4, -0.2) is 66.6 Å². The van der Waals surface area contributed by atoms with Gasteiger partial charge in [-0.05, 0) is 12.1 Å². The zero-order valence-corrected chi connectivity index (χ0v) is 13.4. The number of hydrogen-bond donors (Lipinski definition) is 0. The molecule has 1 fully saturated rings. The van der Waals surface area contributed by atoms with Crippen LogP contribution in [0.5, 0.6) is 0 Å². The zero-order valence-electron chi connectivity index (χ0n) is 13.4. The molecule has 0 radical (unpaired) electrons. The van der Waals surface area contributed by atoms with E-state index in [1.807, 2.05) is 6.07 Å². The van der Waals surface area contributed by atoms with E-state index in [9.17, 15) is 14.9 Å². The highest BCUT2D eigenvalue weighted by Gasteiger charge is 2.18. The van der Waals surface area contributed by atoms with Crippen molar-refractivity contribution in [2.45, 2.75) is 6.42 Å². The fourth-order valence-corrected chi connectivity index (χ4v) is 2.50. The minimum Gasteiger partial charge on any atom is -0.379 e. The zero-order chi connectivity index (χ0) is 17.4. The highest BCUT2D eigenvalue weighted by Crippen LogP contribution is 2.14. The first-order chi connectivity index (χ1) is 11.6. The molecule has 1 heterocycles. The quantitative estimate of drug-likeness (QED) is 0.551. The smallest absolute Gasteiger partial charge is 0.269 e. The van der Waals surface area contributed by atoms with Crippen LogP contribution in [0.1, 0.15) is 16.8 Å². The van der Waals surface area contributed by atoms with Gasteiger partial charge in [0.1, 0.15) is 0 Å². The molecule has 1 saturated heterocycles. The van der Waals surface area contributed by atoms with Gasteiger partial charge in [-0.2, -0.15) is 5.26 Å². The molecule has 0 bridgehead atoms. The van der Waals surface area contributed by atoms with Crippen molar-refractivity contribution in [3.8, 4) is 6.07 Å². The van der Waals surface area contributed by atoms with Crippen molar-refractivity contribution >= 4 is 11.6 Å². The summed E-state index contributed by atoms with van der Waals surface area (Å²) in [6, 6.07) is 7.59. The molecule has 8 heteroatoms. The van der Waals surface area contributed by atoms with Crippen molar-refractivity contribution in [1.82, 2.24) is 9.80 Å². The summed E-state index contributed by atoms with van der Waals surface area (Å²) in [6.07, 6.45) is 0.252. The van der Waals surface area contributed by atoms with Gasteiger partial charge in [0, 0.05) is 50.4 Å². The van der Waals surface area contributed by atoms with Crippen molar-refractivity contribution < 1.29 is 14.5 Å². The van der Waals surface area contributed by atoms with Crippen LogP contribution >= 0.6 is 0 Å². The molecular formula is C16H20N4O4. The van der Waals surface area contributed by atoms with E-state index in [0.29, 0.717) is 38.4 Å². The second kappa shape index (κ2) is 8.96. The van der Waals surface area contributed by atoms with E-state index in [2.05, 4.69) is 4.90 Å². The molecule has 128 valence electrons. The van der Waals surface area contributed by atoms with E-state index in [1.54, 1.807) is 4.90 Å². The van der Waals surface area contributed by atoms with E-state index in [4.69, 9.17) is 10.00 Å². The molecule has 8 nitrogen and oxygen atoms in total. The summed E-state index contributed by atoms with van der Waals surface area (Å²) in [5.74, 6) is -0.214. The number of rotatable bonds is 7. The molecule has 1 aromatic carbocycles. The lowest BCUT2D eigenvalue weighted by atomic mass is 10.1. The first-order valence-electron chi connectivity index (χ1n) is 7.82. The van der Waals surface area contributed by atoms with Gasteiger partial charge in [-0.25, -0.2) is 0 Å². The molecule has 1 aliphatic heterocycles. The number of benzene rings is 1. The molecule has 0 aliphatic carbocycles. The van der Waals surface area contributed by atoms with Gasteiger partial charge in [0.2, 0.25) is 0 Å². The summed E-state index contributed by atoms with van der Waals surface area (Å²) in [6.45, 7) is 4.61. The molecule has 1 amide bonds. The first kappa shape index (κ1) is 17.8. The molecule has 24 heavy (non-hydrogen) atoms. The van der Waals surface area contributed by atoms with Crippen molar-refractivity contribution in [3.63, 3.8) is 0 Å². The molecule has 0 unspecified atom stereocenters. The largest absolute Gasteiger partial charge is 0.379 e. The van der Waals surface area contributed by atoms with Crippen LogP contribution in [0.15, 0.2) is 24.3 Å². The molecule has 0 N–H and O–H groups in total. The maximum absolute atomic E-state index is 12.6. The summed E-state index contributed by atoms with van der Waals surface area (Å²) in [7, 11) is 0. The average molecular weight is 332 g/mol. The van der Waals surface area contributed by atoms with Crippen LogP contribution in [0.4, 0.5) is 5.69 Å². The van der Waals surface area contributed by atoms with Crippen LogP contribution < -0.4 is 0 Å². The molecule has 0 atom stereocenters. The molecule has 0 saturated carbocycles. The van der Waals surface area contributed by atoms with E-state index in [0.717, 1.165) is 13.1 Å². The normalized spacial score (nSPS) is 14.8. The highest BCUT2D eigenvalue weighted by molar-refractivity contribution is 5.94. The monoisotopic (exact) mass is 332 g/mol. The van der Waals surface area contributed by atoms with Gasteiger partial charge in [-0.15, -0.1) is 0 Å². The third-order valence-corrected chi connectivity index (χ3v) is 3.90. The summed E-state index contributed by atoms with van der Waals surface area (Å²) >= 11 is 0. The third-order valence-electron chi connectivity index (χ3n) is 3.90. The van der Waals surface area contributed by atoms with Gasteiger partial charge in [0.15, 0.2) is 0 Å². The lowest BCUT2D eigenvalue weighted by molar-refractivity contribution is -0.384. The van der Waals surface area contributed by atoms with Crippen LogP contribution in [-0.2, 0) is 4.74 Å². The van der Waals surface area contributed by atoms with Crippen molar-refractivity contribution in [1.29, 1.82) is 5.26 Å². The van der Waals surface area contributed by atoms with Crippen LogP contribution in [0.2, 0.25) is 0 Å². The fourth-order valence-electron chi connectivity index (χ4n) is 2.50. The van der Waals surface area contributed by atoms with Crippen LogP contribution in [0, 0.1) is 21.4 Å². The van der Waals surface area contributed by atoms with Gasteiger partial charge in [-0.1, -0.05) is 0 Å². The molecule has 1 aromatic rings. The van der Waals surface area contributed by atoms with Gasteiger partial charge in [0.25, 0.3) is 11.6 Å². The Morgan fingerprint density at radius 1 is 1.29 bits per heavy atom. The van der Waals surface area contributed by atoms with Crippen molar-refractivity contribution in [3.05, 3.63) is 39.9 Å². The summed E-state index contributed by atoms with van der Waals surface area (Å²) < 4.78 is 5.30. The Bertz CT molecular complexity index is 605. The van der Waals surface area contributed by atoms with Crippen LogP contribution in [0.3, 0.4) is 0 Å². The molecule has 2 rings (SSSR count). The number of nitro benzene ring substituents is 1. The number of carbonyl (C=O) groups is 1. The Labute approximate surface area is 140 Å². The SMILES string of the molecule is N#CCCN(CCN1CCOCC1)C(=O)c1ccc([N+](=O)[O-])cc1. The Balaban J connectivity index is 2.00. The third kappa shape index (κ3) is 5.01. The van der Waals surface area contributed by atoms with E-state index in [-0.39, 0.29) is 18.0 Å². The maximum atomic E-state index is 12.6. The lowest BCUT2D eigenvalue weighted by Crippen LogP contribution is -2.43. The average Bonchev–Trinajstić information content (AvgIpc) is 2.62. The minimum atomic E-state index is -0.500. The van der Waals surface area contributed by atoms with Crippen molar-refractivity contribution in [2.24, 2.45) is 0 Å². The second-order valence-electron chi connectivity index (χ2n) is 5.46. The van der Waals surface area contributed by atoms with Gasteiger partial charge >= 0.3 is 0 Å². The van der Waals surface area contributed by atoms with Gasteiger partial charge in [-0.3, -0.25) is 19.8 Å². The predicted molar refractivity (Wildman–Crippen MR) is 86.5 cm³/mol. The number of nitrogens with zero attached hydrogens (tertiary/aromatic N) is 4. The summed E-state index contributed by atoms with van der Waals surface area (Å²) in [5.41, 5.74) is 0.337. The van der Waals surface area contributed by atoms with E-state index < -0.39 is 4.92 Å². The number of hydrogen-bond acceptors (Lipinski definition) is 6. The Kier molecular flexibility index (Phi) is 6.66. The fraction of sp³-hybridized carbons (Fsp3) is 0.500. The van der Waals surface area contributed by atoms with E-state index >= 15 is 0 Å². The summed E-state index contributed by atoms with van der Waals surface area (Å²) in [5, 5.41) is 19.5. The van der Waals surface area contributed by atoms with Crippen LogP contribution in [0.25, 0.3) is 0 Å². The maximum Gasteiger partial charge on any atom is 0.269 e. The highest BCUT2D eigenvalue weighted by atomic mass is 16.6. The number of nitriles is 1. The standard InChI is InChI=1S/C16H20N4O4/c17-6-1-7-19(9-8-18-10-12-24-13-11-18)16(21)14-2-4-15(5-3-14)20(22)23/h2-5H,1,7-13H2. The van der Waals surface area contributed by atoms with Gasteiger partial charge < -0.3 is 9.64 Å². The molecule has 0 spiro atoms. The molecule has 1 aliphatic rings.